The number of carbonyl (C=O) groups excluding carboxylic acids is 1. The first-order valence-corrected chi connectivity index (χ1v) is 8.27. The first-order chi connectivity index (χ1) is 11.0. The van der Waals surface area contributed by atoms with Crippen LogP contribution in [0.25, 0.3) is 0 Å². The van der Waals surface area contributed by atoms with Crippen LogP contribution in [0.3, 0.4) is 0 Å². The number of amides is 1. The van der Waals surface area contributed by atoms with Crippen molar-refractivity contribution in [1.29, 1.82) is 0 Å². The molecule has 1 aliphatic rings. The summed E-state index contributed by atoms with van der Waals surface area (Å²) in [6.45, 7) is 2.76. The Morgan fingerprint density at radius 1 is 1.26 bits per heavy atom. The number of benzene rings is 1. The predicted octanol–water partition coefficient (Wildman–Crippen LogP) is 2.92. The Labute approximate surface area is 137 Å². The van der Waals surface area contributed by atoms with Crippen molar-refractivity contribution in [1.82, 2.24) is 5.32 Å². The van der Waals surface area contributed by atoms with Crippen LogP contribution in [-0.4, -0.2) is 29.1 Å². The quantitative estimate of drug-likeness (QED) is 0.734. The third-order valence-corrected chi connectivity index (χ3v) is 4.24. The Morgan fingerprint density at radius 2 is 1.96 bits per heavy atom. The minimum atomic E-state index is -0.854. The number of hydrogen-bond acceptors (Lipinski definition) is 3. The van der Waals surface area contributed by atoms with Gasteiger partial charge in [0.1, 0.15) is 5.75 Å². The second-order valence-electron chi connectivity index (χ2n) is 6.24. The molecule has 2 N–H and O–H groups in total. The van der Waals surface area contributed by atoms with Crippen molar-refractivity contribution < 1.29 is 19.4 Å². The maximum absolute atomic E-state index is 12.1. The van der Waals surface area contributed by atoms with Gasteiger partial charge in [-0.05, 0) is 49.8 Å². The Hall–Kier alpha value is -2.04. The highest BCUT2D eigenvalue weighted by Crippen LogP contribution is 2.35. The summed E-state index contributed by atoms with van der Waals surface area (Å²) in [6, 6.07) is 7.77. The number of carboxylic acids is 1. The number of carbonyl (C=O) groups is 2. The number of nitrogens with one attached hydrogen (secondary N) is 1. The van der Waals surface area contributed by atoms with E-state index in [0.29, 0.717) is 19.4 Å². The van der Waals surface area contributed by atoms with Gasteiger partial charge in [0.2, 0.25) is 5.91 Å². The van der Waals surface area contributed by atoms with Crippen LogP contribution in [0, 0.1) is 0 Å². The fourth-order valence-electron chi connectivity index (χ4n) is 2.83. The van der Waals surface area contributed by atoms with Crippen molar-refractivity contribution in [2.75, 3.05) is 6.61 Å². The lowest BCUT2D eigenvalue weighted by Gasteiger charge is -2.41. The second-order valence-corrected chi connectivity index (χ2v) is 6.24. The van der Waals surface area contributed by atoms with E-state index in [2.05, 4.69) is 12.2 Å². The molecule has 0 aromatic heterocycles. The number of hydrogen-bond donors (Lipinski definition) is 2. The van der Waals surface area contributed by atoms with Gasteiger partial charge in [0.15, 0.2) is 0 Å². The minimum Gasteiger partial charge on any atom is -0.494 e. The molecule has 1 saturated carbocycles. The highest BCUT2D eigenvalue weighted by Gasteiger charge is 2.40. The number of ether oxygens (including phenoxy) is 1. The van der Waals surface area contributed by atoms with Crippen molar-refractivity contribution in [2.24, 2.45) is 0 Å². The first-order valence-electron chi connectivity index (χ1n) is 8.27. The van der Waals surface area contributed by atoms with Gasteiger partial charge < -0.3 is 15.2 Å². The number of aliphatic carboxylic acids is 1. The van der Waals surface area contributed by atoms with E-state index in [1.54, 1.807) is 0 Å². The molecule has 1 aromatic rings. The molecule has 0 heterocycles. The lowest BCUT2D eigenvalue weighted by molar-refractivity contribution is -0.140. The summed E-state index contributed by atoms with van der Waals surface area (Å²) in [5.41, 5.74) is 0.561. The fourth-order valence-corrected chi connectivity index (χ4v) is 2.83. The Morgan fingerprint density at radius 3 is 2.48 bits per heavy atom. The summed E-state index contributed by atoms with van der Waals surface area (Å²) in [7, 11) is 0. The first kappa shape index (κ1) is 17.3. The van der Waals surface area contributed by atoms with Crippen LogP contribution in [0.2, 0.25) is 0 Å². The van der Waals surface area contributed by atoms with Gasteiger partial charge in [-0.2, -0.15) is 0 Å². The van der Waals surface area contributed by atoms with E-state index in [1.165, 1.54) is 0 Å². The Bertz CT molecular complexity index is 534. The molecule has 2 rings (SSSR count). The molecule has 0 radical (unpaired) electrons. The lowest BCUT2D eigenvalue weighted by Crippen LogP contribution is -2.54. The molecule has 1 fully saturated rings. The predicted molar refractivity (Wildman–Crippen MR) is 87.5 cm³/mol. The lowest BCUT2D eigenvalue weighted by atomic mass is 9.74. The van der Waals surface area contributed by atoms with Crippen LogP contribution in [0.4, 0.5) is 0 Å². The average molecular weight is 319 g/mol. The van der Waals surface area contributed by atoms with Crippen molar-refractivity contribution in [2.45, 2.75) is 57.4 Å². The third kappa shape index (κ3) is 5.27. The zero-order valence-corrected chi connectivity index (χ0v) is 13.6. The van der Waals surface area contributed by atoms with E-state index in [-0.39, 0.29) is 12.3 Å². The van der Waals surface area contributed by atoms with Gasteiger partial charge in [-0.15, -0.1) is 0 Å². The molecule has 1 aliphatic carbocycles. The normalized spacial score (nSPS) is 15.5. The summed E-state index contributed by atoms with van der Waals surface area (Å²) >= 11 is 0. The molecule has 0 aliphatic heterocycles. The zero-order valence-electron chi connectivity index (χ0n) is 13.6. The summed E-state index contributed by atoms with van der Waals surface area (Å²) in [6.07, 6.45) is 4.50. The maximum Gasteiger partial charge on any atom is 0.305 e. The monoisotopic (exact) mass is 319 g/mol. The van der Waals surface area contributed by atoms with Crippen LogP contribution in [0.5, 0.6) is 5.75 Å². The maximum atomic E-state index is 12.1. The van der Waals surface area contributed by atoms with Crippen LogP contribution in [-0.2, 0) is 16.0 Å². The molecule has 0 bridgehead atoms. The third-order valence-electron chi connectivity index (χ3n) is 4.24. The number of aryl methyl sites for hydroxylation is 1. The van der Waals surface area contributed by atoms with Gasteiger partial charge >= 0.3 is 5.97 Å². The average Bonchev–Trinajstić information content (AvgIpc) is 2.49. The molecule has 5 nitrogen and oxygen atoms in total. The van der Waals surface area contributed by atoms with E-state index >= 15 is 0 Å². The molecule has 23 heavy (non-hydrogen) atoms. The van der Waals surface area contributed by atoms with E-state index in [0.717, 1.165) is 37.0 Å². The van der Waals surface area contributed by atoms with Gasteiger partial charge in [0.25, 0.3) is 0 Å². The van der Waals surface area contributed by atoms with E-state index in [9.17, 15) is 9.59 Å². The molecular formula is C18H25NO4. The van der Waals surface area contributed by atoms with E-state index in [4.69, 9.17) is 9.84 Å². The van der Waals surface area contributed by atoms with Crippen LogP contribution >= 0.6 is 0 Å². The molecule has 0 saturated heterocycles. The zero-order chi connectivity index (χ0) is 16.7. The highest BCUT2D eigenvalue weighted by atomic mass is 16.5. The van der Waals surface area contributed by atoms with Crippen LogP contribution in [0.15, 0.2) is 24.3 Å². The standard InChI is InChI=1S/C18H25NO4/c1-2-12-23-15-7-4-14(5-8-15)6-9-16(20)19-18(10-3-11-18)13-17(21)22/h4-5,7-8H,2-3,6,9-13H2,1H3,(H,19,20)(H,21,22). The summed E-state index contributed by atoms with van der Waals surface area (Å²) < 4.78 is 5.53. The molecule has 0 spiro atoms. The largest absolute Gasteiger partial charge is 0.494 e. The van der Waals surface area contributed by atoms with Crippen molar-refractivity contribution in [3.63, 3.8) is 0 Å². The number of rotatable bonds is 9. The van der Waals surface area contributed by atoms with E-state index < -0.39 is 11.5 Å². The topological polar surface area (TPSA) is 75.6 Å². The van der Waals surface area contributed by atoms with Crippen LogP contribution < -0.4 is 10.1 Å². The van der Waals surface area contributed by atoms with Gasteiger partial charge in [0, 0.05) is 6.42 Å². The smallest absolute Gasteiger partial charge is 0.305 e. The fraction of sp³-hybridized carbons (Fsp3) is 0.556. The van der Waals surface area contributed by atoms with Gasteiger partial charge in [0.05, 0.1) is 18.6 Å². The van der Waals surface area contributed by atoms with Crippen molar-refractivity contribution in [3.8, 4) is 5.75 Å². The molecule has 0 atom stereocenters. The molecule has 5 heteroatoms. The summed E-state index contributed by atoms with van der Waals surface area (Å²) in [4.78, 5) is 23.0. The molecule has 1 aromatic carbocycles. The van der Waals surface area contributed by atoms with E-state index in [1.807, 2.05) is 24.3 Å². The van der Waals surface area contributed by atoms with Gasteiger partial charge in [-0.1, -0.05) is 19.1 Å². The summed E-state index contributed by atoms with van der Waals surface area (Å²) in [5.74, 6) is -0.0835. The second kappa shape index (κ2) is 7.99. The van der Waals surface area contributed by atoms with Crippen molar-refractivity contribution >= 4 is 11.9 Å². The molecule has 0 unspecified atom stereocenters. The van der Waals surface area contributed by atoms with Crippen molar-refractivity contribution in [3.05, 3.63) is 29.8 Å². The Balaban J connectivity index is 1.78. The SMILES string of the molecule is CCCOc1ccc(CCC(=O)NC2(CC(=O)O)CCC2)cc1. The Kier molecular flexibility index (Phi) is 6.02. The molecular weight excluding hydrogens is 294 g/mol. The highest BCUT2D eigenvalue weighted by molar-refractivity contribution is 5.78. The van der Waals surface area contributed by atoms with Crippen LogP contribution in [0.1, 0.15) is 51.0 Å². The summed E-state index contributed by atoms with van der Waals surface area (Å²) in [5, 5.41) is 11.9. The molecule has 126 valence electrons. The van der Waals surface area contributed by atoms with Gasteiger partial charge in [-0.3, -0.25) is 9.59 Å². The van der Waals surface area contributed by atoms with Gasteiger partial charge in [-0.25, -0.2) is 0 Å². The molecule has 1 amide bonds. The number of carboxylic acid groups (broad SMARTS) is 1. The minimum absolute atomic E-state index is 0.0161.